The number of anilines is 1. The maximum absolute atomic E-state index is 13.6. The molecule has 3 aromatic rings. The molecule has 0 atom stereocenters. The fourth-order valence-electron chi connectivity index (χ4n) is 5.02. The molecular weight excluding hydrogens is 412 g/mol. The first-order valence-corrected chi connectivity index (χ1v) is 12.4. The van der Waals surface area contributed by atoms with Gasteiger partial charge in [0.25, 0.3) is 5.91 Å². The summed E-state index contributed by atoms with van der Waals surface area (Å²) in [5.74, 6) is 0.135. The molecule has 1 aromatic carbocycles. The van der Waals surface area contributed by atoms with E-state index in [1.165, 1.54) is 38.5 Å². The molecule has 2 N–H and O–H groups in total. The zero-order valence-electron chi connectivity index (χ0n) is 19.9. The van der Waals surface area contributed by atoms with Crippen LogP contribution in [0.15, 0.2) is 36.7 Å². The van der Waals surface area contributed by atoms with E-state index in [1.807, 2.05) is 13.0 Å². The molecule has 0 spiro atoms. The average Bonchev–Trinajstić information content (AvgIpc) is 3.11. The van der Waals surface area contributed by atoms with Crippen LogP contribution in [0.25, 0.3) is 10.9 Å². The van der Waals surface area contributed by atoms with Crippen molar-refractivity contribution >= 4 is 22.5 Å². The van der Waals surface area contributed by atoms with E-state index in [1.54, 1.807) is 30.6 Å². The summed E-state index contributed by atoms with van der Waals surface area (Å²) in [7, 11) is 0. The number of phenols is 1. The SMILES string of the molecule is CCCCCCn1c(C)c(C(=O)Nc2ccncc2)c2c(CN3CCCCC3)c(O)ccc21. The first kappa shape index (κ1) is 23.3. The predicted molar refractivity (Wildman–Crippen MR) is 134 cm³/mol. The molecule has 33 heavy (non-hydrogen) atoms. The number of pyridine rings is 1. The molecule has 0 bridgehead atoms. The van der Waals surface area contributed by atoms with Crippen molar-refractivity contribution in [2.24, 2.45) is 0 Å². The Labute approximate surface area is 196 Å². The number of nitrogens with zero attached hydrogens (tertiary/aromatic N) is 3. The monoisotopic (exact) mass is 448 g/mol. The number of hydrogen-bond acceptors (Lipinski definition) is 4. The summed E-state index contributed by atoms with van der Waals surface area (Å²) in [6.45, 7) is 7.85. The van der Waals surface area contributed by atoms with E-state index in [4.69, 9.17) is 0 Å². The highest BCUT2D eigenvalue weighted by Gasteiger charge is 2.25. The van der Waals surface area contributed by atoms with Crippen LogP contribution in [0.4, 0.5) is 5.69 Å². The Balaban J connectivity index is 1.77. The van der Waals surface area contributed by atoms with Crippen molar-refractivity contribution < 1.29 is 9.90 Å². The molecule has 1 saturated heterocycles. The number of amides is 1. The van der Waals surface area contributed by atoms with Crippen LogP contribution in [0.3, 0.4) is 0 Å². The Morgan fingerprint density at radius 1 is 1.06 bits per heavy atom. The maximum atomic E-state index is 13.6. The van der Waals surface area contributed by atoms with E-state index in [0.29, 0.717) is 12.1 Å². The van der Waals surface area contributed by atoms with Crippen molar-refractivity contribution in [3.05, 3.63) is 53.5 Å². The number of hydrogen-bond donors (Lipinski definition) is 2. The highest BCUT2D eigenvalue weighted by molar-refractivity contribution is 6.15. The van der Waals surface area contributed by atoms with Gasteiger partial charge in [0.15, 0.2) is 0 Å². The normalized spacial score (nSPS) is 14.6. The summed E-state index contributed by atoms with van der Waals surface area (Å²) in [6, 6.07) is 7.36. The van der Waals surface area contributed by atoms with Gasteiger partial charge in [0.2, 0.25) is 0 Å². The second-order valence-electron chi connectivity index (χ2n) is 9.16. The van der Waals surface area contributed by atoms with Gasteiger partial charge < -0.3 is 15.0 Å². The molecule has 0 radical (unpaired) electrons. The van der Waals surface area contributed by atoms with Crippen LogP contribution in [0.5, 0.6) is 5.75 Å². The Bertz CT molecular complexity index is 1080. The van der Waals surface area contributed by atoms with Gasteiger partial charge in [-0.05, 0) is 63.5 Å². The fourth-order valence-corrected chi connectivity index (χ4v) is 5.02. The second kappa shape index (κ2) is 10.8. The molecule has 1 aliphatic rings. The Hall–Kier alpha value is -2.86. The van der Waals surface area contributed by atoms with Gasteiger partial charge in [0.05, 0.1) is 5.56 Å². The van der Waals surface area contributed by atoms with Crippen LogP contribution < -0.4 is 5.32 Å². The Morgan fingerprint density at radius 2 is 1.82 bits per heavy atom. The molecule has 176 valence electrons. The van der Waals surface area contributed by atoms with E-state index >= 15 is 0 Å². The first-order valence-electron chi connectivity index (χ1n) is 12.4. The number of fused-ring (bicyclic) bond motifs is 1. The molecule has 0 unspecified atom stereocenters. The predicted octanol–water partition coefficient (Wildman–Crippen LogP) is 5.87. The maximum Gasteiger partial charge on any atom is 0.258 e. The lowest BCUT2D eigenvalue weighted by Gasteiger charge is -2.27. The summed E-state index contributed by atoms with van der Waals surface area (Å²) in [4.78, 5) is 20.0. The fraction of sp³-hybridized carbons (Fsp3) is 0.481. The van der Waals surface area contributed by atoms with Gasteiger partial charge in [-0.25, -0.2) is 0 Å². The average molecular weight is 449 g/mol. The molecule has 0 aliphatic carbocycles. The Kier molecular flexibility index (Phi) is 7.65. The summed E-state index contributed by atoms with van der Waals surface area (Å²) < 4.78 is 2.27. The van der Waals surface area contributed by atoms with Crippen LogP contribution in [-0.4, -0.2) is 38.6 Å². The Morgan fingerprint density at radius 3 is 2.55 bits per heavy atom. The smallest absolute Gasteiger partial charge is 0.258 e. The number of carbonyl (C=O) groups excluding carboxylic acids is 1. The number of rotatable bonds is 9. The molecule has 2 aromatic heterocycles. The number of phenolic OH excluding ortho intramolecular Hbond substituents is 1. The number of carbonyl (C=O) groups is 1. The van der Waals surface area contributed by atoms with Gasteiger partial charge in [-0.3, -0.25) is 14.7 Å². The lowest BCUT2D eigenvalue weighted by atomic mass is 10.0. The minimum absolute atomic E-state index is 0.137. The molecular formula is C27H36N4O2. The number of benzene rings is 1. The largest absolute Gasteiger partial charge is 0.508 e. The third-order valence-electron chi connectivity index (χ3n) is 6.80. The standard InChI is InChI=1S/C27H36N4O2/c1-3-4-5-9-18-31-20(2)25(27(33)29-21-12-14-28-15-13-21)26-22(24(32)11-10-23(26)31)19-30-16-7-6-8-17-30/h10-15,32H,3-9,16-19H2,1-2H3,(H,28,29,33). The molecule has 1 amide bonds. The third kappa shape index (κ3) is 5.22. The van der Waals surface area contributed by atoms with Crippen molar-refractivity contribution in [1.82, 2.24) is 14.5 Å². The molecule has 6 nitrogen and oxygen atoms in total. The van der Waals surface area contributed by atoms with Crippen molar-refractivity contribution in [2.75, 3.05) is 18.4 Å². The van der Waals surface area contributed by atoms with Crippen LogP contribution in [0.1, 0.15) is 73.5 Å². The number of unbranched alkanes of at least 4 members (excludes halogenated alkanes) is 3. The topological polar surface area (TPSA) is 70.4 Å². The van der Waals surface area contributed by atoms with Crippen LogP contribution in [0, 0.1) is 6.92 Å². The summed E-state index contributed by atoms with van der Waals surface area (Å²) >= 11 is 0. The van der Waals surface area contributed by atoms with Crippen molar-refractivity contribution in [1.29, 1.82) is 0 Å². The van der Waals surface area contributed by atoms with E-state index < -0.39 is 0 Å². The van der Waals surface area contributed by atoms with Gasteiger partial charge in [-0.15, -0.1) is 0 Å². The minimum atomic E-state index is -0.137. The summed E-state index contributed by atoms with van der Waals surface area (Å²) in [5, 5.41) is 14.8. The number of aromatic hydroxyl groups is 1. The molecule has 3 heterocycles. The van der Waals surface area contributed by atoms with E-state index in [9.17, 15) is 9.90 Å². The van der Waals surface area contributed by atoms with Crippen LogP contribution >= 0.6 is 0 Å². The zero-order chi connectivity index (χ0) is 23.2. The van der Waals surface area contributed by atoms with E-state index in [0.717, 1.165) is 53.9 Å². The van der Waals surface area contributed by atoms with Gasteiger partial charge in [0.1, 0.15) is 5.75 Å². The van der Waals surface area contributed by atoms with Crippen molar-refractivity contribution in [3.8, 4) is 5.75 Å². The number of aromatic nitrogens is 2. The number of nitrogens with one attached hydrogen (secondary N) is 1. The molecule has 1 aliphatic heterocycles. The van der Waals surface area contributed by atoms with Crippen molar-refractivity contribution in [2.45, 2.75) is 71.9 Å². The molecule has 1 fully saturated rings. The molecule has 4 rings (SSSR count). The van der Waals surface area contributed by atoms with Gasteiger partial charge in [-0.2, -0.15) is 0 Å². The first-order chi connectivity index (χ1) is 16.1. The minimum Gasteiger partial charge on any atom is -0.508 e. The summed E-state index contributed by atoms with van der Waals surface area (Å²) in [6.07, 6.45) is 11.6. The van der Waals surface area contributed by atoms with Gasteiger partial charge in [-0.1, -0.05) is 32.6 Å². The van der Waals surface area contributed by atoms with Crippen LogP contribution in [0.2, 0.25) is 0 Å². The van der Waals surface area contributed by atoms with Gasteiger partial charge >= 0.3 is 0 Å². The third-order valence-corrected chi connectivity index (χ3v) is 6.80. The van der Waals surface area contributed by atoms with E-state index in [2.05, 4.69) is 26.7 Å². The highest BCUT2D eigenvalue weighted by Crippen LogP contribution is 2.36. The zero-order valence-corrected chi connectivity index (χ0v) is 19.9. The molecule has 0 saturated carbocycles. The molecule has 6 heteroatoms. The van der Waals surface area contributed by atoms with E-state index in [-0.39, 0.29) is 11.7 Å². The number of piperidine rings is 1. The number of likely N-dealkylation sites (tertiary alicyclic amines) is 1. The quantitative estimate of drug-likeness (QED) is 0.402. The van der Waals surface area contributed by atoms with Crippen LogP contribution in [-0.2, 0) is 13.1 Å². The van der Waals surface area contributed by atoms with Gasteiger partial charge in [0, 0.05) is 53.3 Å². The summed E-state index contributed by atoms with van der Waals surface area (Å²) in [5.41, 5.74) is 4.24. The number of aryl methyl sites for hydroxylation is 1. The highest BCUT2D eigenvalue weighted by atomic mass is 16.3. The lowest BCUT2D eigenvalue weighted by Crippen LogP contribution is -2.29. The lowest BCUT2D eigenvalue weighted by molar-refractivity contribution is 0.102. The second-order valence-corrected chi connectivity index (χ2v) is 9.16. The van der Waals surface area contributed by atoms with Crippen molar-refractivity contribution in [3.63, 3.8) is 0 Å².